The van der Waals surface area contributed by atoms with Crippen molar-refractivity contribution in [3.05, 3.63) is 11.6 Å². The highest BCUT2D eigenvalue weighted by molar-refractivity contribution is 5.66. The van der Waals surface area contributed by atoms with Crippen molar-refractivity contribution in [2.45, 2.75) is 71.8 Å². The molecule has 4 atom stereocenters. The largest absolute Gasteiger partial charge is 0.462 e. The molecule has 0 bridgehead atoms. The van der Waals surface area contributed by atoms with E-state index in [1.165, 1.54) is 45.4 Å². The van der Waals surface area contributed by atoms with Crippen LogP contribution in [-0.4, -0.2) is 12.1 Å². The van der Waals surface area contributed by atoms with E-state index in [0.29, 0.717) is 5.92 Å². The molecule has 0 saturated heterocycles. The molecular formula is C17H28O2. The number of carbonyl (C=O) groups excluding carboxylic acids is 1. The van der Waals surface area contributed by atoms with Gasteiger partial charge in [0.1, 0.15) is 6.10 Å². The average Bonchev–Trinajstić information content (AvgIpc) is 2.76. The predicted molar refractivity (Wildman–Crippen MR) is 77.8 cm³/mol. The van der Waals surface area contributed by atoms with Crippen LogP contribution < -0.4 is 0 Å². The van der Waals surface area contributed by atoms with Gasteiger partial charge in [-0.05, 0) is 69.6 Å². The maximum absolute atomic E-state index is 11.1. The Kier molecular flexibility index (Phi) is 5.06. The maximum Gasteiger partial charge on any atom is 0.302 e. The van der Waals surface area contributed by atoms with Crippen molar-refractivity contribution in [1.82, 2.24) is 0 Å². The summed E-state index contributed by atoms with van der Waals surface area (Å²) in [6.07, 6.45) is 11.2. The second-order valence-electron chi connectivity index (χ2n) is 6.64. The lowest BCUT2D eigenvalue weighted by Gasteiger charge is -2.30. The fraction of sp³-hybridized carbons (Fsp3) is 0.824. The van der Waals surface area contributed by atoms with Crippen molar-refractivity contribution in [3.63, 3.8) is 0 Å². The fourth-order valence-electron chi connectivity index (χ4n) is 3.81. The normalized spacial score (nSPS) is 32.8. The van der Waals surface area contributed by atoms with Crippen LogP contribution in [0.1, 0.15) is 65.7 Å². The fourth-order valence-corrected chi connectivity index (χ4v) is 3.81. The number of hydrogen-bond donors (Lipinski definition) is 0. The van der Waals surface area contributed by atoms with Crippen LogP contribution in [0, 0.1) is 17.8 Å². The third-order valence-corrected chi connectivity index (χ3v) is 5.06. The van der Waals surface area contributed by atoms with E-state index in [9.17, 15) is 4.79 Å². The molecule has 2 aliphatic carbocycles. The van der Waals surface area contributed by atoms with Crippen LogP contribution in [0.5, 0.6) is 0 Å². The topological polar surface area (TPSA) is 26.3 Å². The zero-order valence-electron chi connectivity index (χ0n) is 12.7. The molecule has 1 fully saturated rings. The summed E-state index contributed by atoms with van der Waals surface area (Å²) in [6, 6.07) is 0. The second-order valence-corrected chi connectivity index (χ2v) is 6.64. The van der Waals surface area contributed by atoms with Gasteiger partial charge in [-0.1, -0.05) is 18.6 Å². The minimum absolute atomic E-state index is 0.110. The minimum Gasteiger partial charge on any atom is -0.462 e. The molecule has 0 spiro atoms. The Balaban J connectivity index is 1.84. The van der Waals surface area contributed by atoms with Crippen LogP contribution in [0.4, 0.5) is 0 Å². The molecule has 2 heteroatoms. The molecule has 19 heavy (non-hydrogen) atoms. The average molecular weight is 264 g/mol. The number of carbonyl (C=O) groups is 1. The Bertz CT molecular complexity index is 345. The Morgan fingerprint density at radius 1 is 1.42 bits per heavy atom. The highest BCUT2D eigenvalue weighted by Crippen LogP contribution is 2.38. The number of ether oxygens (including phenoxy) is 1. The first kappa shape index (κ1) is 14.6. The highest BCUT2D eigenvalue weighted by Gasteiger charge is 2.32. The standard InChI is InChI=1S/C17H28O2/c1-12-7-9-15(10-8-12)13(2)11-16-5-4-6-17(16)19-14(3)18/h7,13,15-17H,4-6,8-11H2,1-3H3/t13?,15?,16-,17-/m0/s1. The lowest BCUT2D eigenvalue weighted by atomic mass is 9.77. The van der Waals surface area contributed by atoms with Crippen molar-refractivity contribution >= 4 is 5.97 Å². The summed E-state index contributed by atoms with van der Waals surface area (Å²) >= 11 is 0. The highest BCUT2D eigenvalue weighted by atomic mass is 16.5. The van der Waals surface area contributed by atoms with Gasteiger partial charge in [-0.15, -0.1) is 0 Å². The summed E-state index contributed by atoms with van der Waals surface area (Å²) < 4.78 is 5.48. The summed E-state index contributed by atoms with van der Waals surface area (Å²) in [5.41, 5.74) is 1.56. The zero-order chi connectivity index (χ0) is 13.8. The van der Waals surface area contributed by atoms with Crippen molar-refractivity contribution < 1.29 is 9.53 Å². The summed E-state index contributed by atoms with van der Waals surface area (Å²) in [4.78, 5) is 11.1. The molecule has 2 aliphatic rings. The van der Waals surface area contributed by atoms with Crippen molar-refractivity contribution in [2.24, 2.45) is 17.8 Å². The number of rotatable bonds is 4. The summed E-state index contributed by atoms with van der Waals surface area (Å²) in [7, 11) is 0. The van der Waals surface area contributed by atoms with E-state index in [2.05, 4.69) is 19.9 Å². The summed E-state index contributed by atoms with van der Waals surface area (Å²) in [5, 5.41) is 0. The molecule has 2 rings (SSSR count). The predicted octanol–water partition coefficient (Wildman–Crippen LogP) is 4.49. The Hall–Kier alpha value is -0.790. The number of hydrogen-bond acceptors (Lipinski definition) is 2. The molecule has 2 unspecified atom stereocenters. The lowest BCUT2D eigenvalue weighted by molar-refractivity contribution is -0.148. The molecule has 0 amide bonds. The van der Waals surface area contributed by atoms with E-state index in [0.717, 1.165) is 18.3 Å². The summed E-state index contributed by atoms with van der Waals surface area (Å²) in [5.74, 6) is 2.08. The van der Waals surface area contributed by atoms with Crippen LogP contribution in [0.25, 0.3) is 0 Å². The van der Waals surface area contributed by atoms with Gasteiger partial charge < -0.3 is 4.74 Å². The van der Waals surface area contributed by atoms with Gasteiger partial charge in [0.2, 0.25) is 0 Å². The molecule has 0 heterocycles. The van der Waals surface area contributed by atoms with Crippen LogP contribution in [0.3, 0.4) is 0 Å². The number of esters is 1. The van der Waals surface area contributed by atoms with Crippen molar-refractivity contribution in [3.8, 4) is 0 Å². The van der Waals surface area contributed by atoms with E-state index in [4.69, 9.17) is 4.74 Å². The van der Waals surface area contributed by atoms with E-state index in [1.807, 2.05) is 0 Å². The molecule has 0 aromatic heterocycles. The molecule has 0 radical (unpaired) electrons. The lowest BCUT2D eigenvalue weighted by Crippen LogP contribution is -2.25. The third-order valence-electron chi connectivity index (χ3n) is 5.06. The quantitative estimate of drug-likeness (QED) is 0.552. The van der Waals surface area contributed by atoms with Crippen LogP contribution in [-0.2, 0) is 9.53 Å². The van der Waals surface area contributed by atoms with Gasteiger partial charge >= 0.3 is 5.97 Å². The van der Waals surface area contributed by atoms with E-state index in [1.54, 1.807) is 5.57 Å². The van der Waals surface area contributed by atoms with Gasteiger partial charge in [-0.25, -0.2) is 0 Å². The minimum atomic E-state index is -0.110. The molecule has 2 nitrogen and oxygen atoms in total. The second kappa shape index (κ2) is 6.58. The monoisotopic (exact) mass is 264 g/mol. The van der Waals surface area contributed by atoms with Gasteiger partial charge in [-0.2, -0.15) is 0 Å². The van der Waals surface area contributed by atoms with E-state index < -0.39 is 0 Å². The summed E-state index contributed by atoms with van der Waals surface area (Å²) in [6.45, 7) is 6.17. The molecule has 0 N–H and O–H groups in total. The molecule has 108 valence electrons. The first-order valence-corrected chi connectivity index (χ1v) is 7.89. The smallest absolute Gasteiger partial charge is 0.302 e. The maximum atomic E-state index is 11.1. The number of allylic oxidation sites excluding steroid dienone is 2. The molecular weight excluding hydrogens is 236 g/mol. The van der Waals surface area contributed by atoms with Crippen LogP contribution in [0.15, 0.2) is 11.6 Å². The van der Waals surface area contributed by atoms with Crippen LogP contribution >= 0.6 is 0 Å². The van der Waals surface area contributed by atoms with Gasteiger partial charge in [0, 0.05) is 6.92 Å². The Morgan fingerprint density at radius 3 is 2.84 bits per heavy atom. The Labute approximate surface area is 117 Å². The van der Waals surface area contributed by atoms with Gasteiger partial charge in [0.05, 0.1) is 0 Å². The van der Waals surface area contributed by atoms with Gasteiger partial charge in [0.15, 0.2) is 0 Å². The van der Waals surface area contributed by atoms with Gasteiger partial charge in [0.25, 0.3) is 0 Å². The molecule has 0 aromatic carbocycles. The molecule has 0 aliphatic heterocycles. The zero-order valence-corrected chi connectivity index (χ0v) is 12.7. The Morgan fingerprint density at radius 2 is 2.21 bits per heavy atom. The molecule has 0 aromatic rings. The molecule has 1 saturated carbocycles. The SMILES string of the molecule is CC(=O)O[C@H]1CCC[C@H]1CC(C)C1CC=C(C)CC1. The van der Waals surface area contributed by atoms with E-state index in [-0.39, 0.29) is 12.1 Å². The third kappa shape index (κ3) is 4.09. The van der Waals surface area contributed by atoms with Gasteiger partial charge in [-0.3, -0.25) is 4.79 Å². The first-order chi connectivity index (χ1) is 9.06. The van der Waals surface area contributed by atoms with Crippen LogP contribution in [0.2, 0.25) is 0 Å². The van der Waals surface area contributed by atoms with Crippen molar-refractivity contribution in [1.29, 1.82) is 0 Å². The van der Waals surface area contributed by atoms with Crippen molar-refractivity contribution in [2.75, 3.05) is 0 Å². The van der Waals surface area contributed by atoms with E-state index >= 15 is 0 Å². The first-order valence-electron chi connectivity index (χ1n) is 7.89.